The summed E-state index contributed by atoms with van der Waals surface area (Å²) < 4.78 is 24.3. The summed E-state index contributed by atoms with van der Waals surface area (Å²) in [5, 5.41) is 2.27. The van der Waals surface area contributed by atoms with E-state index in [0.717, 1.165) is 11.1 Å². The van der Waals surface area contributed by atoms with E-state index >= 15 is 0 Å². The number of hydrogen-bond donors (Lipinski definition) is 1. The molecule has 0 aliphatic heterocycles. The maximum Gasteiger partial charge on any atom is 0.315 e. The normalized spacial score (nSPS) is 10.9. The highest BCUT2D eigenvalue weighted by Crippen LogP contribution is 2.27. The molecular weight excluding hydrogens is 212 g/mol. The van der Waals surface area contributed by atoms with Gasteiger partial charge in [-0.05, 0) is 24.0 Å². The predicted molar refractivity (Wildman–Crippen MR) is 59.9 cm³/mol. The van der Waals surface area contributed by atoms with Crippen LogP contribution in [0.15, 0.2) is 18.2 Å². The zero-order chi connectivity index (χ0) is 12.3. The number of amides is 1. The van der Waals surface area contributed by atoms with Gasteiger partial charge in [-0.2, -0.15) is 8.78 Å². The molecule has 0 fully saturated rings. The minimum Gasteiger partial charge on any atom is -0.321 e. The maximum atomic E-state index is 12.2. The first kappa shape index (κ1) is 12.6. The molecule has 2 nitrogen and oxygen atoms in total. The zero-order valence-electron chi connectivity index (χ0n) is 9.55. The van der Waals surface area contributed by atoms with E-state index in [4.69, 9.17) is 0 Å². The number of anilines is 1. The van der Waals surface area contributed by atoms with E-state index < -0.39 is 12.3 Å². The molecule has 0 aliphatic rings. The van der Waals surface area contributed by atoms with Gasteiger partial charge in [0.1, 0.15) is 0 Å². The number of aryl methyl sites for hydroxylation is 1. The number of para-hydroxylation sites is 1. The van der Waals surface area contributed by atoms with Gasteiger partial charge < -0.3 is 5.32 Å². The largest absolute Gasteiger partial charge is 0.321 e. The Labute approximate surface area is 93.7 Å². The number of halogens is 2. The van der Waals surface area contributed by atoms with Crippen molar-refractivity contribution in [1.29, 1.82) is 0 Å². The third kappa shape index (κ3) is 2.78. The zero-order valence-corrected chi connectivity index (χ0v) is 9.55. The fourth-order valence-electron chi connectivity index (χ4n) is 1.52. The number of carbonyl (C=O) groups is 1. The second-order valence-corrected chi connectivity index (χ2v) is 3.98. The van der Waals surface area contributed by atoms with Gasteiger partial charge in [0, 0.05) is 5.69 Å². The Kier molecular flexibility index (Phi) is 3.99. The highest BCUT2D eigenvalue weighted by molar-refractivity contribution is 5.94. The van der Waals surface area contributed by atoms with E-state index in [-0.39, 0.29) is 5.92 Å². The Morgan fingerprint density at radius 2 is 1.94 bits per heavy atom. The summed E-state index contributed by atoms with van der Waals surface area (Å²) in [6, 6.07) is 5.47. The number of benzene rings is 1. The smallest absolute Gasteiger partial charge is 0.315 e. The Morgan fingerprint density at radius 1 is 1.31 bits per heavy atom. The quantitative estimate of drug-likeness (QED) is 0.843. The molecule has 0 aliphatic carbocycles. The second-order valence-electron chi connectivity index (χ2n) is 3.98. The highest BCUT2D eigenvalue weighted by Gasteiger charge is 2.18. The number of nitrogens with one attached hydrogen (secondary N) is 1. The van der Waals surface area contributed by atoms with Gasteiger partial charge in [0.05, 0.1) is 0 Å². The Balaban J connectivity index is 3.06. The molecule has 0 bridgehead atoms. The molecule has 4 heteroatoms. The van der Waals surface area contributed by atoms with Crippen LogP contribution in [-0.2, 0) is 4.79 Å². The summed E-state index contributed by atoms with van der Waals surface area (Å²) in [5.41, 5.74) is 2.16. The van der Waals surface area contributed by atoms with Crippen LogP contribution < -0.4 is 5.32 Å². The minimum atomic E-state index is -2.99. The molecule has 0 spiro atoms. The molecule has 0 aromatic heterocycles. The monoisotopic (exact) mass is 227 g/mol. The van der Waals surface area contributed by atoms with Crippen molar-refractivity contribution in [2.24, 2.45) is 0 Å². The molecule has 0 radical (unpaired) electrons. The van der Waals surface area contributed by atoms with Crippen LogP contribution in [0.4, 0.5) is 14.5 Å². The molecule has 0 heterocycles. The van der Waals surface area contributed by atoms with Crippen LogP contribution in [0, 0.1) is 6.92 Å². The number of rotatable bonds is 3. The van der Waals surface area contributed by atoms with Crippen molar-refractivity contribution < 1.29 is 13.6 Å². The molecule has 16 heavy (non-hydrogen) atoms. The van der Waals surface area contributed by atoms with Crippen LogP contribution in [-0.4, -0.2) is 12.3 Å². The standard InChI is InChI=1S/C12H15F2NO/c1-7(2)9-6-4-5-8(3)10(9)15-12(16)11(13)14/h4-7,11H,1-3H3,(H,15,16). The minimum absolute atomic E-state index is 0.174. The fraction of sp³-hybridized carbons (Fsp3) is 0.417. The maximum absolute atomic E-state index is 12.2. The van der Waals surface area contributed by atoms with Crippen molar-refractivity contribution in [3.63, 3.8) is 0 Å². The van der Waals surface area contributed by atoms with Gasteiger partial charge in [-0.25, -0.2) is 0 Å². The molecule has 0 saturated carbocycles. The van der Waals surface area contributed by atoms with Crippen molar-refractivity contribution in [3.8, 4) is 0 Å². The van der Waals surface area contributed by atoms with Crippen molar-refractivity contribution in [1.82, 2.24) is 0 Å². The Bertz CT molecular complexity index is 389. The highest BCUT2D eigenvalue weighted by atomic mass is 19.3. The lowest BCUT2D eigenvalue weighted by atomic mass is 9.98. The summed E-state index contributed by atoms with van der Waals surface area (Å²) in [7, 11) is 0. The van der Waals surface area contributed by atoms with E-state index in [0.29, 0.717) is 5.69 Å². The average Bonchev–Trinajstić information content (AvgIpc) is 2.20. The molecule has 1 N–H and O–H groups in total. The fourth-order valence-corrected chi connectivity index (χ4v) is 1.52. The van der Waals surface area contributed by atoms with E-state index in [2.05, 4.69) is 5.32 Å². The van der Waals surface area contributed by atoms with E-state index in [9.17, 15) is 13.6 Å². The summed E-state index contributed by atoms with van der Waals surface area (Å²) >= 11 is 0. The van der Waals surface area contributed by atoms with Gasteiger partial charge >= 0.3 is 6.43 Å². The van der Waals surface area contributed by atoms with Gasteiger partial charge in [-0.1, -0.05) is 32.0 Å². The van der Waals surface area contributed by atoms with E-state index in [1.54, 1.807) is 13.0 Å². The molecule has 1 rings (SSSR count). The van der Waals surface area contributed by atoms with Gasteiger partial charge in [0.15, 0.2) is 0 Å². The first-order chi connectivity index (χ1) is 7.43. The first-order valence-electron chi connectivity index (χ1n) is 5.12. The lowest BCUT2D eigenvalue weighted by Crippen LogP contribution is -2.21. The molecule has 1 aromatic rings. The summed E-state index contributed by atoms with van der Waals surface area (Å²) in [5.74, 6) is -1.08. The lowest BCUT2D eigenvalue weighted by molar-refractivity contribution is -0.126. The number of hydrogen-bond acceptors (Lipinski definition) is 1. The Morgan fingerprint density at radius 3 is 2.44 bits per heavy atom. The molecule has 1 aromatic carbocycles. The SMILES string of the molecule is Cc1cccc(C(C)C)c1NC(=O)C(F)F. The van der Waals surface area contributed by atoms with Crippen molar-refractivity contribution in [3.05, 3.63) is 29.3 Å². The summed E-state index contributed by atoms with van der Waals surface area (Å²) in [4.78, 5) is 11.0. The molecule has 0 saturated heterocycles. The first-order valence-corrected chi connectivity index (χ1v) is 5.12. The average molecular weight is 227 g/mol. The molecule has 88 valence electrons. The van der Waals surface area contributed by atoms with Crippen LogP contribution in [0.25, 0.3) is 0 Å². The topological polar surface area (TPSA) is 29.1 Å². The van der Waals surface area contributed by atoms with Crippen molar-refractivity contribution in [2.75, 3.05) is 5.32 Å². The lowest BCUT2D eigenvalue weighted by Gasteiger charge is -2.16. The van der Waals surface area contributed by atoms with Crippen molar-refractivity contribution >= 4 is 11.6 Å². The van der Waals surface area contributed by atoms with E-state index in [1.165, 1.54) is 0 Å². The van der Waals surface area contributed by atoms with Crippen LogP contribution in [0.3, 0.4) is 0 Å². The summed E-state index contributed by atoms with van der Waals surface area (Å²) in [6.45, 7) is 5.69. The molecule has 1 amide bonds. The van der Waals surface area contributed by atoms with Crippen LogP contribution in [0.1, 0.15) is 30.9 Å². The predicted octanol–water partition coefficient (Wildman–Crippen LogP) is 3.32. The second kappa shape index (κ2) is 5.05. The Hall–Kier alpha value is -1.45. The molecule has 0 unspecified atom stereocenters. The number of alkyl halides is 2. The third-order valence-corrected chi connectivity index (χ3v) is 2.37. The third-order valence-electron chi connectivity index (χ3n) is 2.37. The van der Waals surface area contributed by atoms with Crippen LogP contribution in [0.2, 0.25) is 0 Å². The van der Waals surface area contributed by atoms with Gasteiger partial charge in [0.2, 0.25) is 0 Å². The van der Waals surface area contributed by atoms with Crippen molar-refractivity contribution in [2.45, 2.75) is 33.1 Å². The van der Waals surface area contributed by atoms with Gasteiger partial charge in [-0.3, -0.25) is 4.79 Å². The van der Waals surface area contributed by atoms with Gasteiger partial charge in [0.25, 0.3) is 5.91 Å². The summed E-state index contributed by atoms with van der Waals surface area (Å²) in [6.07, 6.45) is -2.99. The van der Waals surface area contributed by atoms with Gasteiger partial charge in [-0.15, -0.1) is 0 Å². The number of carbonyl (C=O) groups excluding carboxylic acids is 1. The van der Waals surface area contributed by atoms with E-state index in [1.807, 2.05) is 26.0 Å². The van der Waals surface area contributed by atoms with Crippen LogP contribution >= 0.6 is 0 Å². The molecule has 0 atom stereocenters. The molecular formula is C12H15F2NO. The van der Waals surface area contributed by atoms with Crippen LogP contribution in [0.5, 0.6) is 0 Å².